The largest absolute Gasteiger partial charge is 0.489 e. The molecule has 0 aliphatic rings. The average Bonchev–Trinajstić information content (AvgIpc) is 3.36. The minimum Gasteiger partial charge on any atom is -0.489 e. The summed E-state index contributed by atoms with van der Waals surface area (Å²) < 4.78 is 89.3. The van der Waals surface area contributed by atoms with Gasteiger partial charge < -0.3 is 14.6 Å². The maximum absolute atomic E-state index is 13.1. The van der Waals surface area contributed by atoms with Gasteiger partial charge in [-0.1, -0.05) is 19.1 Å². The molecule has 1 unspecified atom stereocenters. The Hall–Kier alpha value is -3.64. The maximum Gasteiger partial charge on any atom is 0.416 e. The first-order chi connectivity index (χ1) is 20.2. The fourth-order valence-corrected chi connectivity index (χ4v) is 6.32. The van der Waals surface area contributed by atoms with Crippen LogP contribution >= 0.6 is 23.1 Å². The molecule has 3 aromatic carbocycles. The molecule has 0 aliphatic heterocycles. The van der Waals surface area contributed by atoms with Gasteiger partial charge in [-0.15, -0.1) is 23.1 Å². The zero-order valence-electron chi connectivity index (χ0n) is 22.9. The van der Waals surface area contributed by atoms with Crippen molar-refractivity contribution in [2.75, 3.05) is 0 Å². The Morgan fingerprint density at radius 1 is 0.907 bits per heavy atom. The standard InChI is InChI=1S/C31H26F6O4S2/c1-3-25(29(38)39)41-26-13-12-24(14-18(26)2)42-17-28-20(16-40-23-10-8-22(9-11-23)31(35,36)37)15-27(43-28)19-4-6-21(7-5-19)30(32,33)34/h4-15,25H,3,16-17H2,1-2H3,(H,38,39). The molecule has 4 aromatic rings. The van der Waals surface area contributed by atoms with Gasteiger partial charge in [0.2, 0.25) is 0 Å². The van der Waals surface area contributed by atoms with Crippen LogP contribution in [0.25, 0.3) is 10.4 Å². The predicted molar refractivity (Wildman–Crippen MR) is 154 cm³/mol. The van der Waals surface area contributed by atoms with Gasteiger partial charge in [0.25, 0.3) is 0 Å². The molecule has 0 saturated heterocycles. The van der Waals surface area contributed by atoms with Gasteiger partial charge in [-0.25, -0.2) is 4.79 Å². The molecular weight excluding hydrogens is 614 g/mol. The van der Waals surface area contributed by atoms with E-state index in [4.69, 9.17) is 9.47 Å². The van der Waals surface area contributed by atoms with Crippen molar-refractivity contribution in [1.29, 1.82) is 0 Å². The van der Waals surface area contributed by atoms with Crippen molar-refractivity contribution < 1.29 is 45.7 Å². The van der Waals surface area contributed by atoms with Gasteiger partial charge in [-0.2, -0.15) is 26.3 Å². The number of thiophene rings is 1. The number of ether oxygens (including phenoxy) is 2. The number of thioether (sulfide) groups is 1. The molecule has 0 fully saturated rings. The summed E-state index contributed by atoms with van der Waals surface area (Å²) in [5.41, 5.74) is 0.539. The third kappa shape index (κ3) is 8.47. The van der Waals surface area contributed by atoms with Gasteiger partial charge in [0.15, 0.2) is 6.10 Å². The van der Waals surface area contributed by atoms with Crippen molar-refractivity contribution in [3.8, 4) is 21.9 Å². The fourth-order valence-electron chi connectivity index (χ4n) is 4.03. The number of hydrogen-bond donors (Lipinski definition) is 1. The molecule has 1 atom stereocenters. The Labute approximate surface area is 252 Å². The minimum absolute atomic E-state index is 0.0395. The van der Waals surface area contributed by atoms with E-state index >= 15 is 0 Å². The first kappa shape index (κ1) is 32.3. The number of benzene rings is 3. The number of aliphatic carboxylic acids is 1. The van der Waals surface area contributed by atoms with Crippen LogP contribution < -0.4 is 9.47 Å². The van der Waals surface area contributed by atoms with E-state index < -0.39 is 35.6 Å². The van der Waals surface area contributed by atoms with E-state index in [0.29, 0.717) is 23.5 Å². The van der Waals surface area contributed by atoms with Crippen LogP contribution in [0.15, 0.2) is 77.7 Å². The molecule has 43 heavy (non-hydrogen) atoms. The van der Waals surface area contributed by atoms with E-state index in [0.717, 1.165) is 50.0 Å². The molecule has 4 rings (SSSR count). The number of rotatable bonds is 11. The number of alkyl halides is 6. The summed E-state index contributed by atoms with van der Waals surface area (Å²) in [5, 5.41) is 9.28. The van der Waals surface area contributed by atoms with E-state index in [1.165, 1.54) is 47.4 Å². The van der Waals surface area contributed by atoms with E-state index in [9.17, 15) is 36.2 Å². The Bertz CT molecular complexity index is 1540. The molecule has 0 radical (unpaired) electrons. The highest BCUT2D eigenvalue weighted by Gasteiger charge is 2.31. The Morgan fingerprint density at radius 2 is 1.51 bits per heavy atom. The lowest BCUT2D eigenvalue weighted by Gasteiger charge is -2.15. The first-order valence-electron chi connectivity index (χ1n) is 13.0. The quantitative estimate of drug-likeness (QED) is 0.131. The van der Waals surface area contributed by atoms with E-state index in [1.807, 2.05) is 25.1 Å². The Balaban J connectivity index is 1.54. The molecule has 1 N–H and O–H groups in total. The number of carboxylic acid groups (broad SMARTS) is 1. The van der Waals surface area contributed by atoms with E-state index in [2.05, 4.69) is 0 Å². The molecule has 228 valence electrons. The third-order valence-electron chi connectivity index (χ3n) is 6.40. The summed E-state index contributed by atoms with van der Waals surface area (Å²) >= 11 is 2.88. The smallest absolute Gasteiger partial charge is 0.416 e. The van der Waals surface area contributed by atoms with Crippen molar-refractivity contribution in [3.05, 3.63) is 99.9 Å². The second-order valence-electron chi connectivity index (χ2n) is 9.51. The zero-order chi connectivity index (χ0) is 31.4. The number of carbonyl (C=O) groups is 1. The van der Waals surface area contributed by atoms with Crippen molar-refractivity contribution in [2.45, 2.75) is 56.0 Å². The van der Waals surface area contributed by atoms with Crippen molar-refractivity contribution in [3.63, 3.8) is 0 Å². The van der Waals surface area contributed by atoms with Crippen LogP contribution in [0.2, 0.25) is 0 Å². The summed E-state index contributed by atoms with van der Waals surface area (Å²) in [6.45, 7) is 3.57. The van der Waals surface area contributed by atoms with Crippen LogP contribution in [0.1, 0.15) is 40.5 Å². The molecule has 1 aromatic heterocycles. The van der Waals surface area contributed by atoms with Crippen LogP contribution in [0.5, 0.6) is 11.5 Å². The average molecular weight is 641 g/mol. The zero-order valence-corrected chi connectivity index (χ0v) is 24.5. The van der Waals surface area contributed by atoms with Gasteiger partial charge in [0.05, 0.1) is 11.1 Å². The van der Waals surface area contributed by atoms with Crippen molar-refractivity contribution in [1.82, 2.24) is 0 Å². The molecule has 4 nitrogen and oxygen atoms in total. The number of hydrogen-bond acceptors (Lipinski definition) is 5. The summed E-state index contributed by atoms with van der Waals surface area (Å²) in [7, 11) is 0. The monoisotopic (exact) mass is 640 g/mol. The second-order valence-corrected chi connectivity index (χ2v) is 11.7. The van der Waals surface area contributed by atoms with Crippen LogP contribution in [0, 0.1) is 6.92 Å². The normalized spacial score (nSPS) is 12.7. The highest BCUT2D eigenvalue weighted by molar-refractivity contribution is 7.98. The molecular formula is C31H26F6O4S2. The molecule has 0 aliphatic carbocycles. The fraction of sp³-hybridized carbons (Fsp3) is 0.258. The minimum atomic E-state index is -4.47. The molecule has 0 saturated carbocycles. The van der Waals surface area contributed by atoms with Gasteiger partial charge in [0.1, 0.15) is 18.1 Å². The van der Waals surface area contributed by atoms with Crippen molar-refractivity contribution in [2.24, 2.45) is 0 Å². The SMILES string of the molecule is CCC(Oc1ccc(SCc2sc(-c3ccc(C(F)(F)F)cc3)cc2COc2ccc(C(F)(F)F)cc2)cc1C)C(=O)O. The molecule has 12 heteroatoms. The topological polar surface area (TPSA) is 55.8 Å². The van der Waals surface area contributed by atoms with Crippen LogP contribution in [-0.2, 0) is 29.5 Å². The number of aryl methyl sites for hydroxylation is 1. The number of halogens is 6. The Kier molecular flexibility index (Phi) is 10.0. The van der Waals surface area contributed by atoms with Gasteiger partial charge in [-0.3, -0.25) is 0 Å². The Morgan fingerprint density at radius 3 is 2.05 bits per heavy atom. The van der Waals surface area contributed by atoms with Crippen LogP contribution in [0.3, 0.4) is 0 Å². The highest BCUT2D eigenvalue weighted by atomic mass is 32.2. The van der Waals surface area contributed by atoms with Crippen LogP contribution in [0.4, 0.5) is 26.3 Å². The summed E-state index contributed by atoms with van der Waals surface area (Å²) in [6, 6.07) is 16.4. The van der Waals surface area contributed by atoms with Crippen LogP contribution in [-0.4, -0.2) is 17.2 Å². The second kappa shape index (κ2) is 13.3. The number of carboxylic acids is 1. The predicted octanol–water partition coefficient (Wildman–Crippen LogP) is 9.87. The first-order valence-corrected chi connectivity index (χ1v) is 14.8. The van der Waals surface area contributed by atoms with Crippen molar-refractivity contribution >= 4 is 29.1 Å². The summed E-state index contributed by atoms with van der Waals surface area (Å²) in [5.74, 6) is 0.133. The highest BCUT2D eigenvalue weighted by Crippen LogP contribution is 2.38. The van der Waals surface area contributed by atoms with E-state index in [-0.39, 0.29) is 12.4 Å². The molecule has 0 spiro atoms. The van der Waals surface area contributed by atoms with Gasteiger partial charge >= 0.3 is 18.3 Å². The summed E-state index contributed by atoms with van der Waals surface area (Å²) in [4.78, 5) is 13.8. The maximum atomic E-state index is 13.1. The third-order valence-corrected chi connectivity index (χ3v) is 8.83. The van der Waals surface area contributed by atoms with Gasteiger partial charge in [0, 0.05) is 26.0 Å². The molecule has 0 bridgehead atoms. The molecule has 1 heterocycles. The lowest BCUT2D eigenvalue weighted by molar-refractivity contribution is -0.145. The lowest BCUT2D eigenvalue weighted by Crippen LogP contribution is -2.26. The molecule has 0 amide bonds. The summed E-state index contributed by atoms with van der Waals surface area (Å²) in [6.07, 6.45) is -9.58. The van der Waals surface area contributed by atoms with E-state index in [1.54, 1.807) is 13.0 Å². The van der Waals surface area contributed by atoms with Gasteiger partial charge in [-0.05, 0) is 85.1 Å². The lowest BCUT2D eigenvalue weighted by atomic mass is 10.1.